The van der Waals surface area contributed by atoms with Gasteiger partial charge in [-0.25, -0.2) is 4.98 Å². The van der Waals surface area contributed by atoms with Crippen LogP contribution in [0.5, 0.6) is 0 Å². The summed E-state index contributed by atoms with van der Waals surface area (Å²) >= 11 is 0. The second kappa shape index (κ2) is 7.52. The van der Waals surface area contributed by atoms with Gasteiger partial charge in [0.2, 0.25) is 5.91 Å². The van der Waals surface area contributed by atoms with E-state index in [1.807, 2.05) is 18.2 Å². The van der Waals surface area contributed by atoms with E-state index in [9.17, 15) is 4.79 Å². The molecule has 1 aliphatic carbocycles. The highest BCUT2D eigenvalue weighted by molar-refractivity contribution is 5.90. The molecule has 0 bridgehead atoms. The summed E-state index contributed by atoms with van der Waals surface area (Å²) in [7, 11) is 0. The van der Waals surface area contributed by atoms with Crippen LogP contribution in [0.1, 0.15) is 56.5 Å². The lowest BCUT2D eigenvalue weighted by atomic mass is 10.1. The van der Waals surface area contributed by atoms with E-state index in [0.29, 0.717) is 18.8 Å². The zero-order valence-corrected chi connectivity index (χ0v) is 15.4. The molecule has 5 nitrogen and oxygen atoms in total. The molecule has 0 radical (unpaired) electrons. The van der Waals surface area contributed by atoms with E-state index in [0.717, 1.165) is 42.0 Å². The molecule has 1 saturated heterocycles. The maximum atomic E-state index is 12.2. The van der Waals surface area contributed by atoms with Gasteiger partial charge >= 0.3 is 0 Å². The molecule has 3 heterocycles. The van der Waals surface area contributed by atoms with Crippen LogP contribution in [0.15, 0.2) is 34.9 Å². The minimum atomic E-state index is -0.00439. The largest absolute Gasteiger partial charge is 0.466 e. The van der Waals surface area contributed by atoms with Gasteiger partial charge in [-0.2, -0.15) is 0 Å². The first-order chi connectivity index (χ1) is 12.7. The number of hydrogen-bond acceptors (Lipinski definition) is 4. The lowest BCUT2D eigenvalue weighted by molar-refractivity contribution is -0.116. The van der Waals surface area contributed by atoms with Gasteiger partial charge in [0.25, 0.3) is 0 Å². The number of piperidine rings is 1. The molecule has 1 N–H and O–H groups in total. The molecule has 0 unspecified atom stereocenters. The Hall–Kier alpha value is -2.30. The second-order valence-corrected chi connectivity index (χ2v) is 7.62. The van der Waals surface area contributed by atoms with Crippen molar-refractivity contribution in [1.29, 1.82) is 0 Å². The van der Waals surface area contributed by atoms with Crippen molar-refractivity contribution in [2.24, 2.45) is 5.92 Å². The number of amides is 1. The van der Waals surface area contributed by atoms with E-state index in [1.165, 1.54) is 25.7 Å². The fourth-order valence-electron chi connectivity index (χ4n) is 3.68. The molecule has 4 rings (SSSR count). The van der Waals surface area contributed by atoms with Gasteiger partial charge in [0, 0.05) is 31.8 Å². The summed E-state index contributed by atoms with van der Waals surface area (Å²) in [5.41, 5.74) is 0.752. The number of aryl methyl sites for hydroxylation is 1. The van der Waals surface area contributed by atoms with Gasteiger partial charge in [0.1, 0.15) is 17.3 Å². The Labute approximate surface area is 154 Å². The fourth-order valence-corrected chi connectivity index (χ4v) is 3.68. The number of nitrogens with zero attached hydrogens (tertiary/aromatic N) is 2. The van der Waals surface area contributed by atoms with Crippen LogP contribution < -0.4 is 10.2 Å². The number of aromatic nitrogens is 1. The van der Waals surface area contributed by atoms with Crippen molar-refractivity contribution >= 4 is 17.4 Å². The Bertz CT molecular complexity index is 747. The van der Waals surface area contributed by atoms with E-state index in [1.54, 1.807) is 6.20 Å². The van der Waals surface area contributed by atoms with Gasteiger partial charge in [-0.3, -0.25) is 4.79 Å². The van der Waals surface area contributed by atoms with Crippen molar-refractivity contribution in [3.05, 3.63) is 42.0 Å². The number of carbonyl (C=O) groups excluding carboxylic acids is 1. The molecule has 1 amide bonds. The maximum Gasteiger partial charge on any atom is 0.224 e. The van der Waals surface area contributed by atoms with E-state index in [4.69, 9.17) is 4.42 Å². The maximum absolute atomic E-state index is 12.2. The zero-order valence-electron chi connectivity index (χ0n) is 15.4. The van der Waals surface area contributed by atoms with Gasteiger partial charge < -0.3 is 14.6 Å². The molecule has 1 aliphatic heterocycles. The molecule has 2 aromatic heterocycles. The standard InChI is InChI=1S/C21H27N3O2/c1-15-13-18(15)19-8-6-17(26-19)7-10-21(25)23-16-5-9-20(22-14-16)24-11-3-2-4-12-24/h5-6,8-9,14-15,18H,2-4,7,10-13H2,1H3,(H,23,25)/t15-,18+/m0/s1. The number of rotatable bonds is 6. The van der Waals surface area contributed by atoms with Crippen LogP contribution in [0.3, 0.4) is 0 Å². The number of carbonyl (C=O) groups is 1. The van der Waals surface area contributed by atoms with E-state index in [2.05, 4.69) is 28.2 Å². The number of nitrogens with one attached hydrogen (secondary N) is 1. The van der Waals surface area contributed by atoms with Crippen molar-refractivity contribution in [1.82, 2.24) is 4.98 Å². The molecular weight excluding hydrogens is 326 g/mol. The normalized spacial score (nSPS) is 22.3. The second-order valence-electron chi connectivity index (χ2n) is 7.62. The summed E-state index contributed by atoms with van der Waals surface area (Å²) in [6.45, 7) is 4.39. The first kappa shape index (κ1) is 17.1. The van der Waals surface area contributed by atoms with Crippen molar-refractivity contribution in [3.63, 3.8) is 0 Å². The van der Waals surface area contributed by atoms with Gasteiger partial charge in [-0.15, -0.1) is 0 Å². The molecule has 0 spiro atoms. The van der Waals surface area contributed by atoms with E-state index < -0.39 is 0 Å². The van der Waals surface area contributed by atoms with Crippen LogP contribution in [-0.4, -0.2) is 24.0 Å². The summed E-state index contributed by atoms with van der Waals surface area (Å²) in [6.07, 6.45) is 7.78. The number of anilines is 2. The van der Waals surface area contributed by atoms with Crippen LogP contribution in [-0.2, 0) is 11.2 Å². The third-order valence-corrected chi connectivity index (χ3v) is 5.47. The molecule has 138 valence electrons. The number of hydrogen-bond donors (Lipinski definition) is 1. The Morgan fingerprint density at radius 1 is 1.23 bits per heavy atom. The molecule has 2 aromatic rings. The highest BCUT2D eigenvalue weighted by Crippen LogP contribution is 2.47. The summed E-state index contributed by atoms with van der Waals surface area (Å²) < 4.78 is 5.86. The minimum Gasteiger partial charge on any atom is -0.466 e. The summed E-state index contributed by atoms with van der Waals surface area (Å²) in [5, 5.41) is 2.93. The van der Waals surface area contributed by atoms with Gasteiger partial charge in [-0.05, 0) is 55.9 Å². The molecule has 2 atom stereocenters. The van der Waals surface area contributed by atoms with E-state index in [-0.39, 0.29) is 5.91 Å². The van der Waals surface area contributed by atoms with Crippen molar-refractivity contribution in [2.45, 2.75) is 51.4 Å². The van der Waals surface area contributed by atoms with Crippen LogP contribution >= 0.6 is 0 Å². The minimum absolute atomic E-state index is 0.00439. The van der Waals surface area contributed by atoms with Crippen molar-refractivity contribution < 1.29 is 9.21 Å². The predicted molar refractivity (Wildman–Crippen MR) is 102 cm³/mol. The molecule has 5 heteroatoms. The third-order valence-electron chi connectivity index (χ3n) is 5.47. The summed E-state index contributed by atoms with van der Waals surface area (Å²) in [5.74, 6) is 4.29. The monoisotopic (exact) mass is 353 g/mol. The summed E-state index contributed by atoms with van der Waals surface area (Å²) in [4.78, 5) is 19.0. The van der Waals surface area contributed by atoms with E-state index >= 15 is 0 Å². The number of furan rings is 1. The lowest BCUT2D eigenvalue weighted by Gasteiger charge is -2.27. The van der Waals surface area contributed by atoms with Gasteiger partial charge in [0.15, 0.2) is 0 Å². The molecule has 1 saturated carbocycles. The zero-order chi connectivity index (χ0) is 17.9. The Kier molecular flexibility index (Phi) is 4.96. The average Bonchev–Trinajstić information content (AvgIpc) is 3.21. The quantitative estimate of drug-likeness (QED) is 0.838. The lowest BCUT2D eigenvalue weighted by Crippen LogP contribution is -2.30. The Morgan fingerprint density at radius 3 is 2.73 bits per heavy atom. The summed E-state index contributed by atoms with van der Waals surface area (Å²) in [6, 6.07) is 8.00. The first-order valence-electron chi connectivity index (χ1n) is 9.78. The van der Waals surface area contributed by atoms with Crippen LogP contribution in [0.2, 0.25) is 0 Å². The van der Waals surface area contributed by atoms with Crippen LogP contribution in [0.25, 0.3) is 0 Å². The van der Waals surface area contributed by atoms with Gasteiger partial charge in [-0.1, -0.05) is 6.92 Å². The van der Waals surface area contributed by atoms with Crippen molar-refractivity contribution in [2.75, 3.05) is 23.3 Å². The number of pyridine rings is 1. The molecule has 0 aromatic carbocycles. The highest BCUT2D eigenvalue weighted by atomic mass is 16.3. The average molecular weight is 353 g/mol. The smallest absolute Gasteiger partial charge is 0.224 e. The molecular formula is C21H27N3O2. The fraction of sp³-hybridized carbons (Fsp3) is 0.524. The predicted octanol–water partition coefficient (Wildman–Crippen LogP) is 4.36. The Balaban J connectivity index is 1.25. The first-order valence-corrected chi connectivity index (χ1v) is 9.78. The van der Waals surface area contributed by atoms with Gasteiger partial charge in [0.05, 0.1) is 11.9 Å². The SMILES string of the molecule is C[C@H]1C[C@H]1c1ccc(CCC(=O)Nc2ccc(N3CCCCC3)nc2)o1. The third kappa shape index (κ3) is 4.09. The molecule has 2 aliphatic rings. The van der Waals surface area contributed by atoms with Crippen LogP contribution in [0, 0.1) is 5.92 Å². The topological polar surface area (TPSA) is 58.4 Å². The highest BCUT2D eigenvalue weighted by Gasteiger charge is 2.36. The van der Waals surface area contributed by atoms with Crippen molar-refractivity contribution in [3.8, 4) is 0 Å². The Morgan fingerprint density at radius 2 is 2.04 bits per heavy atom. The van der Waals surface area contributed by atoms with Crippen LogP contribution in [0.4, 0.5) is 11.5 Å². The molecule has 26 heavy (non-hydrogen) atoms. The molecule has 2 fully saturated rings.